The Bertz CT molecular complexity index is 713. The van der Waals surface area contributed by atoms with Gasteiger partial charge in [0.1, 0.15) is 36.2 Å². The van der Waals surface area contributed by atoms with Gasteiger partial charge in [-0.05, 0) is 12.1 Å². The molecule has 0 radical (unpaired) electrons. The van der Waals surface area contributed by atoms with Crippen LogP contribution in [0.2, 0.25) is 0 Å². The molecular formula is C16H22N2O10. The minimum atomic E-state index is -1.78. The maximum absolute atomic E-state index is 12.2. The molecule has 9 N–H and O–H groups in total. The van der Waals surface area contributed by atoms with Crippen molar-refractivity contribution in [3.8, 4) is 5.75 Å². The molecule has 1 fully saturated rings. The summed E-state index contributed by atoms with van der Waals surface area (Å²) in [4.78, 5) is 33.1. The number of nitrogens with two attached hydrogens (primary N) is 2. The normalized spacial score (nSPS) is 28.5. The van der Waals surface area contributed by atoms with E-state index in [1.54, 1.807) is 0 Å². The van der Waals surface area contributed by atoms with Crippen molar-refractivity contribution < 1.29 is 49.6 Å². The third-order valence-corrected chi connectivity index (χ3v) is 4.17. The largest absolute Gasteiger partial charge is 0.506 e. The molecular weight excluding hydrogens is 380 g/mol. The van der Waals surface area contributed by atoms with Gasteiger partial charge in [-0.25, -0.2) is 4.79 Å². The van der Waals surface area contributed by atoms with E-state index in [2.05, 4.69) is 9.78 Å². The third kappa shape index (κ3) is 4.74. The lowest BCUT2D eigenvalue weighted by Crippen LogP contribution is -2.59. The number of hydrogen-bond donors (Lipinski definition) is 7. The Morgan fingerprint density at radius 3 is 2.50 bits per heavy atom. The first-order chi connectivity index (χ1) is 13.2. The smallest absolute Gasteiger partial charge is 0.359 e. The summed E-state index contributed by atoms with van der Waals surface area (Å²) >= 11 is 0. The van der Waals surface area contributed by atoms with Gasteiger partial charge in [-0.2, -0.15) is 0 Å². The number of aliphatic hydroxyl groups excluding tert-OH is 4. The molecule has 2 rings (SSSR count). The molecule has 28 heavy (non-hydrogen) atoms. The Kier molecular flexibility index (Phi) is 7.26. The average molecular weight is 402 g/mol. The number of Topliss-reactive ketones (excluding diaryl/α,β-unsaturated/α-hetero) is 1. The number of rotatable bonds is 7. The van der Waals surface area contributed by atoms with E-state index in [0.29, 0.717) is 0 Å². The first-order valence-electron chi connectivity index (χ1n) is 8.21. The molecule has 156 valence electrons. The second-order valence-corrected chi connectivity index (χ2v) is 6.17. The summed E-state index contributed by atoms with van der Waals surface area (Å²) in [6, 6.07) is 2.55. The molecule has 1 saturated heterocycles. The maximum atomic E-state index is 12.2. The quantitative estimate of drug-likeness (QED) is 0.0806. The fourth-order valence-electron chi connectivity index (χ4n) is 2.49. The number of aromatic hydroxyl groups is 1. The van der Waals surface area contributed by atoms with E-state index < -0.39 is 61.5 Å². The highest BCUT2D eigenvalue weighted by Gasteiger charge is 2.45. The summed E-state index contributed by atoms with van der Waals surface area (Å²) < 4.78 is 4.98. The number of aliphatic hydroxyl groups is 4. The molecule has 1 aliphatic rings. The molecule has 1 aliphatic heterocycles. The van der Waals surface area contributed by atoms with Crippen LogP contribution < -0.4 is 11.5 Å². The summed E-state index contributed by atoms with van der Waals surface area (Å²) in [6.07, 6.45) is -8.60. The number of ether oxygens (including phenoxy) is 1. The van der Waals surface area contributed by atoms with Crippen LogP contribution in [0.25, 0.3) is 0 Å². The lowest BCUT2D eigenvalue weighted by molar-refractivity contribution is -0.405. The predicted octanol–water partition coefficient (Wildman–Crippen LogP) is -2.85. The summed E-state index contributed by atoms with van der Waals surface area (Å²) in [6.45, 7) is -0.696. The Morgan fingerprint density at radius 2 is 1.86 bits per heavy atom. The number of phenols is 1. The number of carbonyl (C=O) groups excluding carboxylic acids is 2. The number of carbonyl (C=O) groups is 2. The van der Waals surface area contributed by atoms with Gasteiger partial charge < -0.3 is 41.7 Å². The fourth-order valence-corrected chi connectivity index (χ4v) is 2.49. The van der Waals surface area contributed by atoms with Crippen molar-refractivity contribution in [3.63, 3.8) is 0 Å². The molecule has 0 aromatic heterocycles. The molecule has 0 aliphatic carbocycles. The van der Waals surface area contributed by atoms with Gasteiger partial charge in [-0.1, -0.05) is 6.07 Å². The molecule has 12 nitrogen and oxygen atoms in total. The average Bonchev–Trinajstić information content (AvgIpc) is 2.67. The van der Waals surface area contributed by atoms with E-state index in [-0.39, 0.29) is 17.0 Å². The monoisotopic (exact) mass is 402 g/mol. The number of benzene rings is 1. The van der Waals surface area contributed by atoms with Crippen LogP contribution >= 0.6 is 0 Å². The van der Waals surface area contributed by atoms with E-state index in [1.165, 1.54) is 18.2 Å². The Labute approximate surface area is 158 Å². The van der Waals surface area contributed by atoms with E-state index in [9.17, 15) is 30.0 Å². The van der Waals surface area contributed by atoms with Gasteiger partial charge in [0.15, 0.2) is 5.78 Å². The van der Waals surface area contributed by atoms with E-state index in [4.69, 9.17) is 21.3 Å². The van der Waals surface area contributed by atoms with Gasteiger partial charge in [0.25, 0.3) is 0 Å². The third-order valence-electron chi connectivity index (χ3n) is 4.17. The van der Waals surface area contributed by atoms with Gasteiger partial charge >= 0.3 is 5.97 Å². The van der Waals surface area contributed by atoms with E-state index in [0.717, 1.165) is 0 Å². The fraction of sp³-hybridized carbons (Fsp3) is 0.500. The highest BCUT2D eigenvalue weighted by molar-refractivity contribution is 6.03. The summed E-state index contributed by atoms with van der Waals surface area (Å²) in [5, 5.41) is 47.6. The zero-order valence-corrected chi connectivity index (χ0v) is 14.5. The maximum Gasteiger partial charge on any atom is 0.359 e. The van der Waals surface area contributed by atoms with Crippen LogP contribution in [0.1, 0.15) is 16.8 Å². The zero-order chi connectivity index (χ0) is 21.0. The van der Waals surface area contributed by atoms with Crippen LogP contribution in [-0.4, -0.2) is 80.6 Å². The van der Waals surface area contributed by atoms with Crippen LogP contribution in [0.5, 0.6) is 5.75 Å². The molecule has 1 heterocycles. The zero-order valence-electron chi connectivity index (χ0n) is 14.5. The lowest BCUT2D eigenvalue weighted by Gasteiger charge is -2.38. The van der Waals surface area contributed by atoms with Crippen LogP contribution in [0.15, 0.2) is 18.2 Å². The van der Waals surface area contributed by atoms with Gasteiger partial charge in [0, 0.05) is 12.0 Å². The van der Waals surface area contributed by atoms with Crippen molar-refractivity contribution in [3.05, 3.63) is 23.8 Å². The van der Waals surface area contributed by atoms with Crippen LogP contribution in [-0.2, 0) is 19.3 Å². The second kappa shape index (κ2) is 9.25. The van der Waals surface area contributed by atoms with Crippen molar-refractivity contribution >= 4 is 17.4 Å². The summed E-state index contributed by atoms with van der Waals surface area (Å²) in [5.74, 6) is -2.12. The number of ketones is 1. The summed E-state index contributed by atoms with van der Waals surface area (Å²) in [5.41, 5.74) is 11.0. The molecule has 0 saturated carbocycles. The molecule has 0 bridgehead atoms. The van der Waals surface area contributed by atoms with Crippen molar-refractivity contribution in [2.24, 2.45) is 5.73 Å². The van der Waals surface area contributed by atoms with Gasteiger partial charge in [0.05, 0.1) is 12.3 Å². The predicted molar refractivity (Wildman–Crippen MR) is 90.4 cm³/mol. The Hall–Kier alpha value is -2.32. The van der Waals surface area contributed by atoms with E-state index >= 15 is 0 Å². The first kappa shape index (κ1) is 22.0. The number of hydrogen-bond acceptors (Lipinski definition) is 12. The van der Waals surface area contributed by atoms with Crippen molar-refractivity contribution in [2.45, 2.75) is 43.2 Å². The lowest BCUT2D eigenvalue weighted by atomic mass is 9.99. The van der Waals surface area contributed by atoms with Gasteiger partial charge in [0.2, 0.25) is 6.29 Å². The van der Waals surface area contributed by atoms with Crippen LogP contribution in [0.3, 0.4) is 0 Å². The number of para-hydroxylation sites is 1. The first-order valence-corrected chi connectivity index (χ1v) is 8.21. The van der Waals surface area contributed by atoms with Gasteiger partial charge in [-0.3, -0.25) is 9.68 Å². The van der Waals surface area contributed by atoms with Crippen molar-refractivity contribution in [1.29, 1.82) is 0 Å². The van der Waals surface area contributed by atoms with E-state index in [1.807, 2.05) is 0 Å². The molecule has 1 aromatic carbocycles. The minimum Gasteiger partial charge on any atom is -0.506 e. The molecule has 0 amide bonds. The highest BCUT2D eigenvalue weighted by Crippen LogP contribution is 2.25. The van der Waals surface area contributed by atoms with Crippen LogP contribution in [0.4, 0.5) is 5.69 Å². The highest BCUT2D eigenvalue weighted by atomic mass is 17.2. The number of nitrogen functional groups attached to an aromatic ring is 1. The molecule has 0 unspecified atom stereocenters. The number of phenolic OH excluding ortho intramolecular Hbond substituents is 1. The molecule has 12 heteroatoms. The SMILES string of the molecule is Nc1c(O)cccc1C(=O)C[C@H](N)C(=O)OO[C@@H]1O[C@H](CO)[C@@H](O)[C@H](O)[C@H]1O. The summed E-state index contributed by atoms with van der Waals surface area (Å²) in [7, 11) is 0. The Balaban J connectivity index is 1.92. The topological polar surface area (TPSA) is 215 Å². The standard InChI is InChI=1S/C16H22N2O10/c17-7(4-9(21)6-2-1-3-8(20)11(6)18)15(25)27-28-16-14(24)13(23)12(22)10(5-19)26-16/h1-3,7,10,12-14,16,19-20,22-24H,4-5,17-18H2/t7-,10+,12+,13-,14+,16-/m0/s1. The molecule has 6 atom stereocenters. The Morgan fingerprint density at radius 1 is 1.18 bits per heavy atom. The molecule has 1 aromatic rings. The van der Waals surface area contributed by atoms with Crippen LogP contribution in [0, 0.1) is 0 Å². The number of anilines is 1. The molecule has 0 spiro atoms. The van der Waals surface area contributed by atoms with Gasteiger partial charge in [-0.15, -0.1) is 4.89 Å². The minimum absolute atomic E-state index is 0.0295. The van der Waals surface area contributed by atoms with Crippen molar-refractivity contribution in [1.82, 2.24) is 0 Å². The second-order valence-electron chi connectivity index (χ2n) is 6.17. The van der Waals surface area contributed by atoms with Crippen molar-refractivity contribution in [2.75, 3.05) is 12.3 Å².